The van der Waals surface area contributed by atoms with Crippen molar-refractivity contribution < 1.29 is 4.79 Å². The van der Waals surface area contributed by atoms with Gasteiger partial charge in [-0.2, -0.15) is 5.10 Å². The molecule has 0 unspecified atom stereocenters. The summed E-state index contributed by atoms with van der Waals surface area (Å²) >= 11 is 1.32. The Hall–Kier alpha value is -2.02. The Morgan fingerprint density at radius 3 is 3.00 bits per heavy atom. The molecule has 0 aliphatic rings. The van der Waals surface area contributed by atoms with Crippen LogP contribution in [-0.4, -0.2) is 20.7 Å². The number of hydrogen-bond donors (Lipinski definition) is 1. The Morgan fingerprint density at radius 2 is 2.33 bits per heavy atom. The number of aryl methyl sites for hydroxylation is 1. The van der Waals surface area contributed by atoms with E-state index in [-0.39, 0.29) is 17.2 Å². The minimum absolute atomic E-state index is 0.206. The maximum Gasteiger partial charge on any atom is 0.277 e. The molecule has 18 heavy (non-hydrogen) atoms. The Bertz CT molecular complexity index is 591. The van der Waals surface area contributed by atoms with E-state index in [1.807, 2.05) is 6.92 Å². The summed E-state index contributed by atoms with van der Waals surface area (Å²) in [5, 5.41) is 8.90. The fourth-order valence-electron chi connectivity index (χ4n) is 1.39. The molecule has 1 amide bonds. The van der Waals surface area contributed by atoms with Crippen LogP contribution >= 0.6 is 11.3 Å². The molecule has 2 heterocycles. The van der Waals surface area contributed by atoms with Crippen molar-refractivity contribution in [1.29, 1.82) is 0 Å². The molecule has 2 aromatic rings. The van der Waals surface area contributed by atoms with E-state index >= 15 is 0 Å². The molecule has 0 aliphatic carbocycles. The van der Waals surface area contributed by atoms with Crippen molar-refractivity contribution in [3.63, 3.8) is 0 Å². The first-order valence-electron chi connectivity index (χ1n) is 5.49. The number of nitrogens with one attached hydrogen (secondary N) is 1. The number of thiazole rings is 1. The first-order valence-corrected chi connectivity index (χ1v) is 6.37. The average molecular weight is 264 g/mol. The molecule has 2 rings (SSSR count). The molecule has 0 radical (unpaired) electrons. The van der Waals surface area contributed by atoms with Crippen LogP contribution in [0, 0.1) is 0 Å². The number of hydrogen-bond acceptors (Lipinski definition) is 5. The van der Waals surface area contributed by atoms with Gasteiger partial charge in [-0.3, -0.25) is 14.9 Å². The fraction of sp³-hybridized carbons (Fsp3) is 0.273. The monoisotopic (exact) mass is 264 g/mol. The summed E-state index contributed by atoms with van der Waals surface area (Å²) in [6.45, 7) is 2.44. The minimum Gasteiger partial charge on any atom is -0.296 e. The van der Waals surface area contributed by atoms with E-state index in [2.05, 4.69) is 15.4 Å². The maximum absolute atomic E-state index is 11.9. The zero-order valence-corrected chi connectivity index (χ0v) is 10.6. The summed E-state index contributed by atoms with van der Waals surface area (Å²) in [6, 6.07) is 2.76. The van der Waals surface area contributed by atoms with Gasteiger partial charge in [0.25, 0.3) is 11.5 Å². The summed E-state index contributed by atoms with van der Waals surface area (Å²) in [6.07, 6.45) is 2.39. The maximum atomic E-state index is 11.9. The van der Waals surface area contributed by atoms with E-state index in [4.69, 9.17) is 0 Å². The van der Waals surface area contributed by atoms with Crippen molar-refractivity contribution in [3.05, 3.63) is 39.8 Å². The number of rotatable bonds is 4. The Morgan fingerprint density at radius 1 is 1.50 bits per heavy atom. The van der Waals surface area contributed by atoms with Crippen molar-refractivity contribution in [2.75, 3.05) is 5.32 Å². The van der Waals surface area contributed by atoms with Crippen molar-refractivity contribution >= 4 is 22.4 Å². The van der Waals surface area contributed by atoms with Gasteiger partial charge in [0.05, 0.1) is 0 Å². The van der Waals surface area contributed by atoms with E-state index in [1.54, 1.807) is 11.6 Å². The fourth-order valence-corrected chi connectivity index (χ4v) is 1.91. The lowest BCUT2D eigenvalue weighted by Gasteiger charge is -2.05. The Balaban J connectivity index is 2.20. The van der Waals surface area contributed by atoms with Gasteiger partial charge in [0.15, 0.2) is 5.13 Å². The number of carbonyl (C=O) groups excluding carboxylic acids is 1. The van der Waals surface area contributed by atoms with Crippen molar-refractivity contribution in [2.45, 2.75) is 19.9 Å². The van der Waals surface area contributed by atoms with Crippen LogP contribution in [0.4, 0.5) is 5.13 Å². The largest absolute Gasteiger partial charge is 0.296 e. The first kappa shape index (κ1) is 12.4. The molecular formula is C11H12N4O2S. The predicted molar refractivity (Wildman–Crippen MR) is 68.9 cm³/mol. The lowest BCUT2D eigenvalue weighted by Crippen LogP contribution is -2.26. The third-order valence-corrected chi connectivity index (χ3v) is 2.88. The molecule has 0 bridgehead atoms. The van der Waals surface area contributed by atoms with Gasteiger partial charge < -0.3 is 0 Å². The standard InChI is InChI=1S/C11H12N4O2S/c1-2-6-15-9(16)4-3-8(14-15)10(17)13-11-12-5-7-18-11/h3-5,7H,2,6H2,1H3,(H,12,13,17). The Kier molecular flexibility index (Phi) is 3.83. The van der Waals surface area contributed by atoms with Gasteiger partial charge >= 0.3 is 0 Å². The SMILES string of the molecule is CCCn1nc(C(=O)Nc2nccs2)ccc1=O. The van der Waals surface area contributed by atoms with Gasteiger partial charge in [-0.05, 0) is 12.5 Å². The quantitative estimate of drug-likeness (QED) is 0.904. The van der Waals surface area contributed by atoms with Gasteiger partial charge in [0.1, 0.15) is 5.69 Å². The molecule has 0 saturated carbocycles. The normalized spacial score (nSPS) is 10.3. The van der Waals surface area contributed by atoms with Crippen LogP contribution in [0.1, 0.15) is 23.8 Å². The number of carbonyl (C=O) groups is 1. The van der Waals surface area contributed by atoms with Gasteiger partial charge in [-0.25, -0.2) is 9.67 Å². The average Bonchev–Trinajstić information content (AvgIpc) is 2.85. The summed E-state index contributed by atoms with van der Waals surface area (Å²) < 4.78 is 1.29. The minimum atomic E-state index is -0.366. The highest BCUT2D eigenvalue weighted by molar-refractivity contribution is 7.13. The number of amides is 1. The molecule has 2 aromatic heterocycles. The molecular weight excluding hydrogens is 252 g/mol. The molecule has 0 spiro atoms. The van der Waals surface area contributed by atoms with Crippen LogP contribution in [0.15, 0.2) is 28.5 Å². The number of nitrogens with zero attached hydrogens (tertiary/aromatic N) is 3. The molecule has 1 N–H and O–H groups in total. The van der Waals surface area contributed by atoms with Gasteiger partial charge in [-0.15, -0.1) is 11.3 Å². The predicted octanol–water partition coefficient (Wildman–Crippen LogP) is 1.36. The molecule has 0 saturated heterocycles. The molecule has 94 valence electrons. The first-order chi connectivity index (χ1) is 8.70. The second-order valence-corrected chi connectivity index (χ2v) is 4.47. The van der Waals surface area contributed by atoms with E-state index in [0.717, 1.165) is 6.42 Å². The number of anilines is 1. The van der Waals surface area contributed by atoms with Crippen molar-refractivity contribution in [3.8, 4) is 0 Å². The van der Waals surface area contributed by atoms with Gasteiger partial charge in [-0.1, -0.05) is 6.92 Å². The highest BCUT2D eigenvalue weighted by Crippen LogP contribution is 2.11. The van der Waals surface area contributed by atoms with Gasteiger partial charge in [0, 0.05) is 24.2 Å². The lowest BCUT2D eigenvalue weighted by molar-refractivity contribution is 0.101. The molecule has 7 heteroatoms. The van der Waals surface area contributed by atoms with Crippen LogP contribution < -0.4 is 10.9 Å². The molecule has 0 fully saturated rings. The van der Waals surface area contributed by atoms with Crippen LogP contribution in [0.5, 0.6) is 0 Å². The second-order valence-electron chi connectivity index (χ2n) is 3.57. The summed E-state index contributed by atoms with van der Waals surface area (Å²) in [4.78, 5) is 27.3. The zero-order valence-electron chi connectivity index (χ0n) is 9.79. The molecule has 0 aromatic carbocycles. The molecule has 6 nitrogen and oxygen atoms in total. The van der Waals surface area contributed by atoms with Gasteiger partial charge in [0.2, 0.25) is 0 Å². The highest BCUT2D eigenvalue weighted by Gasteiger charge is 2.10. The third kappa shape index (κ3) is 2.80. The lowest BCUT2D eigenvalue weighted by atomic mass is 10.3. The molecule has 0 atom stereocenters. The molecule has 0 aliphatic heterocycles. The second kappa shape index (κ2) is 5.54. The highest BCUT2D eigenvalue weighted by atomic mass is 32.1. The number of aromatic nitrogens is 3. The van der Waals surface area contributed by atoms with Crippen LogP contribution in [0.25, 0.3) is 0 Å². The van der Waals surface area contributed by atoms with Crippen molar-refractivity contribution in [2.24, 2.45) is 0 Å². The topological polar surface area (TPSA) is 76.9 Å². The smallest absolute Gasteiger partial charge is 0.277 e. The Labute approximate surface area is 107 Å². The van der Waals surface area contributed by atoms with E-state index in [1.165, 1.54) is 28.2 Å². The van der Waals surface area contributed by atoms with E-state index < -0.39 is 0 Å². The van der Waals surface area contributed by atoms with Crippen molar-refractivity contribution in [1.82, 2.24) is 14.8 Å². The van der Waals surface area contributed by atoms with Crippen LogP contribution in [-0.2, 0) is 6.54 Å². The van der Waals surface area contributed by atoms with E-state index in [9.17, 15) is 9.59 Å². The van der Waals surface area contributed by atoms with Crippen LogP contribution in [0.3, 0.4) is 0 Å². The summed E-state index contributed by atoms with van der Waals surface area (Å²) in [7, 11) is 0. The summed E-state index contributed by atoms with van der Waals surface area (Å²) in [5.41, 5.74) is 0.000832. The summed E-state index contributed by atoms with van der Waals surface area (Å²) in [5.74, 6) is -0.366. The third-order valence-electron chi connectivity index (χ3n) is 2.19. The zero-order chi connectivity index (χ0) is 13.0. The van der Waals surface area contributed by atoms with Crippen LogP contribution in [0.2, 0.25) is 0 Å². The van der Waals surface area contributed by atoms with E-state index in [0.29, 0.717) is 11.7 Å².